The number of aromatic nitrogens is 2. The molecular weight excluding hydrogens is 198 g/mol. The van der Waals surface area contributed by atoms with Crippen molar-refractivity contribution in [1.82, 2.24) is 9.38 Å². The van der Waals surface area contributed by atoms with Crippen LogP contribution in [0.3, 0.4) is 0 Å². The lowest BCUT2D eigenvalue weighted by Gasteiger charge is -2.25. The lowest BCUT2D eigenvalue weighted by atomic mass is 9.98. The summed E-state index contributed by atoms with van der Waals surface area (Å²) in [6.45, 7) is 4.38. The van der Waals surface area contributed by atoms with Crippen LogP contribution in [0.2, 0.25) is 0 Å². The zero-order valence-electron chi connectivity index (χ0n) is 9.57. The van der Waals surface area contributed by atoms with E-state index in [1.807, 2.05) is 16.8 Å². The second kappa shape index (κ2) is 3.37. The number of nitrogens with one attached hydrogen (secondary N) is 1. The van der Waals surface area contributed by atoms with Gasteiger partial charge in [0.1, 0.15) is 0 Å². The Bertz CT molecular complexity index is 566. The molecule has 0 saturated carbocycles. The summed E-state index contributed by atoms with van der Waals surface area (Å²) >= 11 is 0. The second-order valence-corrected chi connectivity index (χ2v) is 4.30. The van der Waals surface area contributed by atoms with Crippen molar-refractivity contribution >= 4 is 17.4 Å². The van der Waals surface area contributed by atoms with E-state index in [0.717, 1.165) is 17.8 Å². The number of pyridine rings is 1. The summed E-state index contributed by atoms with van der Waals surface area (Å²) in [4.78, 5) is 4.40. The highest BCUT2D eigenvalue weighted by Gasteiger charge is 2.18. The molecule has 0 saturated heterocycles. The van der Waals surface area contributed by atoms with Gasteiger partial charge in [-0.15, -0.1) is 0 Å². The quantitative estimate of drug-likeness (QED) is 0.789. The van der Waals surface area contributed by atoms with Gasteiger partial charge in [0.05, 0.1) is 5.69 Å². The van der Waals surface area contributed by atoms with Gasteiger partial charge in [-0.3, -0.25) is 0 Å². The first-order valence-corrected chi connectivity index (χ1v) is 5.70. The second-order valence-electron chi connectivity index (χ2n) is 4.30. The van der Waals surface area contributed by atoms with Gasteiger partial charge in [-0.05, 0) is 19.4 Å². The molecule has 0 amide bonds. The summed E-state index contributed by atoms with van der Waals surface area (Å²) in [5, 5.41) is 3.57. The average molecular weight is 213 g/mol. The Labute approximate surface area is 94.8 Å². The Hall–Kier alpha value is -1.77. The molecule has 3 nitrogen and oxygen atoms in total. The van der Waals surface area contributed by atoms with Gasteiger partial charge >= 0.3 is 0 Å². The molecule has 2 aromatic heterocycles. The minimum absolute atomic E-state index is 0.440. The summed E-state index contributed by atoms with van der Waals surface area (Å²) in [5.74, 6) is 0. The molecule has 82 valence electrons. The van der Waals surface area contributed by atoms with Gasteiger partial charge in [-0.25, -0.2) is 4.98 Å². The van der Waals surface area contributed by atoms with Crippen LogP contribution in [-0.2, 0) is 0 Å². The van der Waals surface area contributed by atoms with Crippen LogP contribution >= 0.6 is 0 Å². The maximum absolute atomic E-state index is 4.40. The minimum atomic E-state index is 0.440. The maximum Gasteiger partial charge on any atom is 0.160 e. The van der Waals surface area contributed by atoms with Crippen LogP contribution in [-0.4, -0.2) is 15.4 Å². The number of anilines is 1. The topological polar surface area (TPSA) is 29.3 Å². The van der Waals surface area contributed by atoms with Crippen molar-refractivity contribution in [3.8, 4) is 0 Å². The minimum Gasteiger partial charge on any atom is -0.375 e. The van der Waals surface area contributed by atoms with Gasteiger partial charge in [-0.2, -0.15) is 0 Å². The molecule has 0 radical (unpaired) electrons. The van der Waals surface area contributed by atoms with E-state index < -0.39 is 0 Å². The number of fused-ring (bicyclic) bond motifs is 3. The molecule has 0 aromatic carbocycles. The third-order valence-electron chi connectivity index (χ3n) is 3.26. The zero-order chi connectivity index (χ0) is 11.1. The van der Waals surface area contributed by atoms with Gasteiger partial charge < -0.3 is 9.72 Å². The Morgan fingerprint density at radius 3 is 3.12 bits per heavy atom. The first kappa shape index (κ1) is 9.46. The third kappa shape index (κ3) is 1.24. The lowest BCUT2D eigenvalue weighted by molar-refractivity contribution is 0.786. The fourth-order valence-corrected chi connectivity index (χ4v) is 2.33. The first-order valence-electron chi connectivity index (χ1n) is 5.70. The number of hydrogen-bond acceptors (Lipinski definition) is 2. The SMILES string of the molecule is CC[C@H]1Nc2c(ccn3ccnc23)C=C1C. The van der Waals surface area contributed by atoms with Crippen LogP contribution in [0.5, 0.6) is 0 Å². The standard InChI is InChI=1S/C13H15N3/c1-3-11-9(2)8-10-4-6-16-7-5-14-13(16)12(10)15-11/h4-8,11,15H,3H2,1-2H3/t11-/m1/s1. The molecule has 3 rings (SSSR count). The normalized spacial score (nSPS) is 19.1. The third-order valence-corrected chi connectivity index (χ3v) is 3.26. The molecule has 1 atom stereocenters. The molecule has 0 spiro atoms. The highest BCUT2D eigenvalue weighted by Crippen LogP contribution is 2.30. The molecule has 1 aliphatic rings. The van der Waals surface area contributed by atoms with E-state index in [-0.39, 0.29) is 0 Å². The van der Waals surface area contributed by atoms with Crippen molar-refractivity contribution in [3.63, 3.8) is 0 Å². The molecule has 1 aliphatic heterocycles. The zero-order valence-corrected chi connectivity index (χ0v) is 9.57. The van der Waals surface area contributed by atoms with Gasteiger partial charge in [-0.1, -0.05) is 18.6 Å². The first-order chi connectivity index (χ1) is 7.79. The molecule has 0 unspecified atom stereocenters. The van der Waals surface area contributed by atoms with Crippen LogP contribution in [0.15, 0.2) is 30.2 Å². The Kier molecular flexibility index (Phi) is 1.99. The van der Waals surface area contributed by atoms with Gasteiger partial charge in [0.2, 0.25) is 0 Å². The van der Waals surface area contributed by atoms with E-state index in [1.54, 1.807) is 0 Å². The smallest absolute Gasteiger partial charge is 0.160 e. The Morgan fingerprint density at radius 1 is 1.44 bits per heavy atom. The van der Waals surface area contributed by atoms with E-state index in [1.165, 1.54) is 11.1 Å². The maximum atomic E-state index is 4.40. The number of imidazole rings is 1. The lowest BCUT2D eigenvalue weighted by Crippen LogP contribution is -2.23. The van der Waals surface area contributed by atoms with Crippen molar-refractivity contribution in [1.29, 1.82) is 0 Å². The molecule has 0 aliphatic carbocycles. The summed E-state index contributed by atoms with van der Waals surface area (Å²) in [6, 6.07) is 2.57. The highest BCUT2D eigenvalue weighted by molar-refractivity contribution is 5.83. The number of hydrogen-bond donors (Lipinski definition) is 1. The predicted molar refractivity (Wildman–Crippen MR) is 66.5 cm³/mol. The van der Waals surface area contributed by atoms with Crippen LogP contribution in [0.25, 0.3) is 11.7 Å². The van der Waals surface area contributed by atoms with Crippen molar-refractivity contribution < 1.29 is 0 Å². The van der Waals surface area contributed by atoms with Crippen molar-refractivity contribution in [2.24, 2.45) is 0 Å². The van der Waals surface area contributed by atoms with E-state index >= 15 is 0 Å². The Balaban J connectivity index is 2.23. The molecule has 0 fully saturated rings. The average Bonchev–Trinajstić information content (AvgIpc) is 2.76. The number of nitrogens with zero attached hydrogens (tertiary/aromatic N) is 2. The van der Waals surface area contributed by atoms with Crippen molar-refractivity contribution in [2.45, 2.75) is 26.3 Å². The van der Waals surface area contributed by atoms with Crippen molar-refractivity contribution in [3.05, 3.63) is 35.8 Å². The summed E-state index contributed by atoms with van der Waals surface area (Å²) in [5.41, 5.74) is 4.80. The van der Waals surface area contributed by atoms with E-state index in [4.69, 9.17) is 0 Å². The van der Waals surface area contributed by atoms with E-state index in [0.29, 0.717) is 6.04 Å². The van der Waals surface area contributed by atoms with E-state index in [2.05, 4.69) is 42.5 Å². The summed E-state index contributed by atoms with van der Waals surface area (Å²) in [7, 11) is 0. The largest absolute Gasteiger partial charge is 0.375 e. The monoisotopic (exact) mass is 213 g/mol. The molecule has 16 heavy (non-hydrogen) atoms. The summed E-state index contributed by atoms with van der Waals surface area (Å²) in [6.07, 6.45) is 9.23. The van der Waals surface area contributed by atoms with Gasteiger partial charge in [0.15, 0.2) is 5.65 Å². The molecule has 3 heteroatoms. The van der Waals surface area contributed by atoms with Gasteiger partial charge in [0, 0.05) is 30.2 Å². The molecule has 0 bridgehead atoms. The van der Waals surface area contributed by atoms with Crippen LogP contribution in [0.1, 0.15) is 25.8 Å². The fraction of sp³-hybridized carbons (Fsp3) is 0.308. The van der Waals surface area contributed by atoms with Crippen LogP contribution < -0.4 is 5.32 Å². The number of rotatable bonds is 1. The highest BCUT2D eigenvalue weighted by atomic mass is 15.0. The van der Waals surface area contributed by atoms with Gasteiger partial charge in [0.25, 0.3) is 0 Å². The predicted octanol–water partition coefficient (Wildman–Crippen LogP) is 2.94. The fourth-order valence-electron chi connectivity index (χ4n) is 2.33. The van der Waals surface area contributed by atoms with Crippen LogP contribution in [0, 0.1) is 0 Å². The molecule has 3 heterocycles. The van der Waals surface area contributed by atoms with Crippen molar-refractivity contribution in [2.75, 3.05) is 5.32 Å². The summed E-state index contributed by atoms with van der Waals surface area (Å²) < 4.78 is 2.05. The molecule has 1 N–H and O–H groups in total. The van der Waals surface area contributed by atoms with Crippen LogP contribution in [0.4, 0.5) is 5.69 Å². The van der Waals surface area contributed by atoms with E-state index in [9.17, 15) is 0 Å². The molecular formula is C13H15N3. The molecule has 2 aromatic rings. The Morgan fingerprint density at radius 2 is 2.31 bits per heavy atom.